The van der Waals surface area contributed by atoms with E-state index in [1.165, 1.54) is 6.07 Å². The first-order valence-electron chi connectivity index (χ1n) is 8.41. The Labute approximate surface area is 149 Å². The summed E-state index contributed by atoms with van der Waals surface area (Å²) in [6.07, 6.45) is 0.221. The highest BCUT2D eigenvalue weighted by molar-refractivity contribution is 5.75. The summed E-state index contributed by atoms with van der Waals surface area (Å²) >= 11 is 0. The molecule has 2 aromatic heterocycles. The summed E-state index contributed by atoms with van der Waals surface area (Å²) in [5.74, 6) is 0.577. The SMILES string of the molecule is COc1cnc2ccc(=O)n(CCN3CC[C@@H](NC(=O)O)[C@H](O)C3)c2c1. The van der Waals surface area contributed by atoms with Crippen LogP contribution in [0.15, 0.2) is 29.2 Å². The Kier molecular flexibility index (Phi) is 5.38. The Morgan fingerprint density at radius 3 is 2.92 bits per heavy atom. The molecule has 1 fully saturated rings. The van der Waals surface area contributed by atoms with Gasteiger partial charge in [-0.2, -0.15) is 0 Å². The molecule has 2 atom stereocenters. The summed E-state index contributed by atoms with van der Waals surface area (Å²) in [6.45, 7) is 2.00. The number of methoxy groups -OCH3 is 1. The minimum absolute atomic E-state index is 0.129. The molecule has 0 aromatic carbocycles. The number of piperidine rings is 1. The van der Waals surface area contributed by atoms with Crippen LogP contribution in [0.5, 0.6) is 5.75 Å². The van der Waals surface area contributed by atoms with Crippen LogP contribution in [0.2, 0.25) is 0 Å². The van der Waals surface area contributed by atoms with E-state index >= 15 is 0 Å². The lowest BCUT2D eigenvalue weighted by molar-refractivity contribution is 0.0394. The van der Waals surface area contributed by atoms with Crippen molar-refractivity contribution in [1.82, 2.24) is 19.8 Å². The summed E-state index contributed by atoms with van der Waals surface area (Å²) in [4.78, 5) is 29.3. The zero-order valence-corrected chi connectivity index (χ0v) is 14.5. The lowest BCUT2D eigenvalue weighted by atomic mass is 10.0. The number of aliphatic hydroxyl groups excluding tert-OH is 1. The molecule has 140 valence electrons. The standard InChI is InChI=1S/C17H22N4O5/c1-26-11-8-14-12(18-9-11)2-3-16(23)21(14)7-6-20-5-4-13(15(22)10-20)19-17(24)25/h2-3,8-9,13,15,19,22H,4-7,10H2,1H3,(H,24,25)/t13-,15-/m1/s1. The number of aromatic nitrogens is 2. The molecule has 1 aliphatic heterocycles. The number of amides is 1. The third-order valence-corrected chi connectivity index (χ3v) is 4.66. The quantitative estimate of drug-likeness (QED) is 0.691. The van der Waals surface area contributed by atoms with Crippen molar-refractivity contribution in [1.29, 1.82) is 0 Å². The molecule has 3 N–H and O–H groups in total. The molecular weight excluding hydrogens is 340 g/mol. The van der Waals surface area contributed by atoms with E-state index in [1.54, 1.807) is 30.0 Å². The molecule has 0 radical (unpaired) electrons. The van der Waals surface area contributed by atoms with Gasteiger partial charge in [-0.05, 0) is 12.5 Å². The molecule has 1 saturated heterocycles. The molecular formula is C17H22N4O5. The number of β-amino-alcohol motifs (C(OH)–C–C–N with tert-alkyl or cyclic N) is 1. The Balaban J connectivity index is 1.71. The number of likely N-dealkylation sites (tertiary alicyclic amines) is 1. The molecule has 0 unspecified atom stereocenters. The van der Waals surface area contributed by atoms with Crippen LogP contribution in [0.4, 0.5) is 4.79 Å². The summed E-state index contributed by atoms with van der Waals surface area (Å²) in [6, 6.07) is 4.49. The fraction of sp³-hybridized carbons (Fsp3) is 0.471. The highest BCUT2D eigenvalue weighted by Crippen LogP contribution is 2.17. The number of nitrogens with zero attached hydrogens (tertiary/aromatic N) is 3. The molecule has 9 heteroatoms. The van der Waals surface area contributed by atoms with E-state index in [-0.39, 0.29) is 5.56 Å². The number of rotatable bonds is 5. The fourth-order valence-corrected chi connectivity index (χ4v) is 3.26. The Hall–Kier alpha value is -2.65. The molecule has 0 saturated carbocycles. The minimum Gasteiger partial charge on any atom is -0.495 e. The van der Waals surface area contributed by atoms with Gasteiger partial charge in [-0.15, -0.1) is 0 Å². The van der Waals surface area contributed by atoms with Gasteiger partial charge < -0.3 is 24.8 Å². The van der Waals surface area contributed by atoms with Crippen LogP contribution in [0, 0.1) is 0 Å². The van der Waals surface area contributed by atoms with Crippen molar-refractivity contribution in [3.05, 3.63) is 34.7 Å². The van der Waals surface area contributed by atoms with Crippen molar-refractivity contribution in [2.45, 2.75) is 25.1 Å². The summed E-state index contributed by atoms with van der Waals surface area (Å²) in [5.41, 5.74) is 1.27. The van der Waals surface area contributed by atoms with Crippen molar-refractivity contribution in [3.8, 4) is 5.75 Å². The highest BCUT2D eigenvalue weighted by Gasteiger charge is 2.28. The molecule has 3 heterocycles. The summed E-state index contributed by atoms with van der Waals surface area (Å²) in [5, 5.41) is 21.2. The van der Waals surface area contributed by atoms with Crippen molar-refractivity contribution >= 4 is 17.1 Å². The number of carbonyl (C=O) groups is 1. The fourth-order valence-electron chi connectivity index (χ4n) is 3.26. The predicted molar refractivity (Wildman–Crippen MR) is 94.6 cm³/mol. The molecule has 1 amide bonds. The summed E-state index contributed by atoms with van der Waals surface area (Å²) < 4.78 is 6.83. The van der Waals surface area contributed by atoms with Gasteiger partial charge in [0.2, 0.25) is 0 Å². The van der Waals surface area contributed by atoms with Crippen LogP contribution in [0.1, 0.15) is 6.42 Å². The second-order valence-corrected chi connectivity index (χ2v) is 6.32. The third kappa shape index (κ3) is 3.94. The van der Waals surface area contributed by atoms with Crippen molar-refractivity contribution < 1.29 is 19.7 Å². The van der Waals surface area contributed by atoms with Crippen LogP contribution in [-0.2, 0) is 6.54 Å². The van der Waals surface area contributed by atoms with Crippen LogP contribution in [0.25, 0.3) is 11.0 Å². The molecule has 2 aromatic rings. The van der Waals surface area contributed by atoms with Gasteiger partial charge in [-0.3, -0.25) is 14.7 Å². The monoisotopic (exact) mass is 362 g/mol. The Morgan fingerprint density at radius 1 is 1.42 bits per heavy atom. The molecule has 0 aliphatic carbocycles. The zero-order valence-electron chi connectivity index (χ0n) is 14.5. The molecule has 0 bridgehead atoms. The Morgan fingerprint density at radius 2 is 2.23 bits per heavy atom. The maximum Gasteiger partial charge on any atom is 0.404 e. The van der Waals surface area contributed by atoms with Gasteiger partial charge in [0.1, 0.15) is 5.75 Å². The molecule has 9 nitrogen and oxygen atoms in total. The maximum absolute atomic E-state index is 12.3. The predicted octanol–water partition coefficient (Wildman–Crippen LogP) is 0.108. The number of fused-ring (bicyclic) bond motifs is 1. The minimum atomic E-state index is -1.13. The van der Waals surface area contributed by atoms with Gasteiger partial charge in [0.05, 0.1) is 36.5 Å². The number of pyridine rings is 2. The number of nitrogens with one attached hydrogen (secondary N) is 1. The average Bonchev–Trinajstić information content (AvgIpc) is 2.62. The van der Waals surface area contributed by atoms with E-state index in [4.69, 9.17) is 9.84 Å². The second kappa shape index (κ2) is 7.71. The van der Waals surface area contributed by atoms with E-state index in [1.807, 2.05) is 4.90 Å². The van der Waals surface area contributed by atoms with Crippen molar-refractivity contribution in [3.63, 3.8) is 0 Å². The second-order valence-electron chi connectivity index (χ2n) is 6.32. The van der Waals surface area contributed by atoms with E-state index in [9.17, 15) is 14.7 Å². The highest BCUT2D eigenvalue weighted by atomic mass is 16.5. The van der Waals surface area contributed by atoms with Crippen molar-refractivity contribution in [2.24, 2.45) is 0 Å². The number of hydrogen-bond donors (Lipinski definition) is 3. The van der Waals surface area contributed by atoms with Gasteiger partial charge in [-0.1, -0.05) is 0 Å². The number of hydrogen-bond acceptors (Lipinski definition) is 6. The first-order chi connectivity index (χ1) is 12.5. The lowest BCUT2D eigenvalue weighted by Crippen LogP contribution is -2.54. The molecule has 1 aliphatic rings. The van der Waals surface area contributed by atoms with Crippen molar-refractivity contribution in [2.75, 3.05) is 26.7 Å². The van der Waals surface area contributed by atoms with E-state index < -0.39 is 18.2 Å². The first kappa shape index (κ1) is 18.2. The number of aliphatic hydroxyl groups is 1. The van der Waals surface area contributed by atoms with Gasteiger partial charge in [0, 0.05) is 38.3 Å². The van der Waals surface area contributed by atoms with E-state index in [0.29, 0.717) is 49.4 Å². The van der Waals surface area contributed by atoms with Gasteiger partial charge in [0.25, 0.3) is 5.56 Å². The average molecular weight is 362 g/mol. The maximum atomic E-state index is 12.3. The van der Waals surface area contributed by atoms with E-state index in [0.717, 1.165) is 0 Å². The number of carboxylic acid groups (broad SMARTS) is 1. The summed E-state index contributed by atoms with van der Waals surface area (Å²) in [7, 11) is 1.55. The van der Waals surface area contributed by atoms with E-state index in [2.05, 4.69) is 10.3 Å². The zero-order chi connectivity index (χ0) is 18.7. The van der Waals surface area contributed by atoms with Gasteiger partial charge in [0.15, 0.2) is 0 Å². The smallest absolute Gasteiger partial charge is 0.404 e. The molecule has 0 spiro atoms. The van der Waals surface area contributed by atoms with Crippen LogP contribution >= 0.6 is 0 Å². The third-order valence-electron chi connectivity index (χ3n) is 4.66. The Bertz CT molecular complexity index is 853. The van der Waals surface area contributed by atoms with Crippen LogP contribution in [0.3, 0.4) is 0 Å². The van der Waals surface area contributed by atoms with Gasteiger partial charge >= 0.3 is 6.09 Å². The first-order valence-corrected chi connectivity index (χ1v) is 8.41. The largest absolute Gasteiger partial charge is 0.495 e. The lowest BCUT2D eigenvalue weighted by Gasteiger charge is -2.35. The normalized spacial score (nSPS) is 20.8. The van der Waals surface area contributed by atoms with Gasteiger partial charge in [-0.25, -0.2) is 4.79 Å². The molecule has 26 heavy (non-hydrogen) atoms. The van der Waals surface area contributed by atoms with Crippen LogP contribution in [-0.4, -0.2) is 69.6 Å². The molecule has 3 rings (SSSR count). The topological polar surface area (TPSA) is 117 Å². The number of ether oxygens (including phenoxy) is 1. The van der Waals surface area contributed by atoms with Crippen LogP contribution < -0.4 is 15.6 Å².